The third-order valence-corrected chi connectivity index (χ3v) is 7.93. The van der Waals surface area contributed by atoms with E-state index in [1.807, 2.05) is 6.07 Å². The molecule has 3 heterocycles. The average Bonchev–Trinajstić information content (AvgIpc) is 3.36. The Hall–Kier alpha value is -4.71. The highest BCUT2D eigenvalue weighted by Crippen LogP contribution is 2.32. The molecule has 1 unspecified atom stereocenters. The molecule has 1 aromatic carbocycles. The maximum absolute atomic E-state index is 13.5. The zero-order valence-electron chi connectivity index (χ0n) is 26.5. The van der Waals surface area contributed by atoms with Gasteiger partial charge >= 0.3 is 18.2 Å². The molecule has 4 rings (SSSR count). The van der Waals surface area contributed by atoms with Crippen LogP contribution in [0.2, 0.25) is 5.02 Å². The van der Waals surface area contributed by atoms with Crippen LogP contribution < -0.4 is 0 Å². The number of carbonyl (C=O) groups excluding carboxylic acids is 2. The Morgan fingerprint density at radius 2 is 1.87 bits per heavy atom. The number of halogens is 4. The summed E-state index contributed by atoms with van der Waals surface area (Å²) in [4.78, 5) is 49.6. The Bertz CT molecular complexity index is 1730. The number of aromatic nitrogens is 4. The molecule has 2 aromatic heterocycles. The van der Waals surface area contributed by atoms with Crippen LogP contribution in [0.5, 0.6) is 0 Å². The third-order valence-electron chi connectivity index (χ3n) is 7.60. The summed E-state index contributed by atoms with van der Waals surface area (Å²) >= 11 is 6.03. The monoisotopic (exact) mass is 675 g/mol. The van der Waals surface area contributed by atoms with Crippen molar-refractivity contribution in [2.45, 2.75) is 84.4 Å². The van der Waals surface area contributed by atoms with Crippen LogP contribution in [0.3, 0.4) is 0 Å². The first-order valence-corrected chi connectivity index (χ1v) is 14.9. The summed E-state index contributed by atoms with van der Waals surface area (Å²) in [6.45, 7) is 9.68. The van der Waals surface area contributed by atoms with Gasteiger partial charge in [-0.15, -0.1) is 0 Å². The first-order chi connectivity index (χ1) is 21.8. The predicted molar refractivity (Wildman–Crippen MR) is 161 cm³/mol. The second kappa shape index (κ2) is 13.2. The number of hydrogen-bond acceptors (Lipinski definition) is 8. The van der Waals surface area contributed by atoms with Crippen molar-refractivity contribution in [3.63, 3.8) is 0 Å². The normalized spacial score (nSPS) is 16.1. The van der Waals surface area contributed by atoms with E-state index in [9.17, 15) is 37.9 Å². The van der Waals surface area contributed by atoms with E-state index in [2.05, 4.69) is 15.1 Å². The minimum Gasteiger partial charge on any atom is -0.477 e. The summed E-state index contributed by atoms with van der Waals surface area (Å²) in [7, 11) is 0. The van der Waals surface area contributed by atoms with Crippen molar-refractivity contribution in [3.05, 3.63) is 75.1 Å². The molecule has 1 N–H and O–H groups in total. The molecule has 2 amide bonds. The molecule has 12 nitrogen and oxygen atoms in total. The zero-order valence-corrected chi connectivity index (χ0v) is 27.2. The molecule has 0 radical (unpaired) electrons. The molecule has 47 heavy (non-hydrogen) atoms. The lowest BCUT2D eigenvalue weighted by Crippen LogP contribution is -2.42. The maximum atomic E-state index is 13.5. The zero-order chi connectivity index (χ0) is 35.0. The van der Waals surface area contributed by atoms with Gasteiger partial charge in [0.05, 0.1) is 53.0 Å². The molecule has 0 saturated heterocycles. The summed E-state index contributed by atoms with van der Waals surface area (Å²) in [5, 5.41) is 24.4. The second-order valence-electron chi connectivity index (χ2n) is 12.3. The van der Waals surface area contributed by atoms with Crippen molar-refractivity contribution in [2.75, 3.05) is 6.54 Å². The van der Waals surface area contributed by atoms with E-state index in [0.717, 1.165) is 6.20 Å². The third kappa shape index (κ3) is 7.65. The summed E-state index contributed by atoms with van der Waals surface area (Å²) in [6, 6.07) is 4.17. The lowest BCUT2D eigenvalue weighted by Gasteiger charge is -2.33. The van der Waals surface area contributed by atoms with Gasteiger partial charge in [0.2, 0.25) is 0 Å². The number of fused-ring (bicyclic) bond motifs is 1. The smallest absolute Gasteiger partial charge is 0.434 e. The lowest BCUT2D eigenvalue weighted by atomic mass is 9.98. The van der Waals surface area contributed by atoms with Gasteiger partial charge < -0.3 is 14.7 Å². The fourth-order valence-corrected chi connectivity index (χ4v) is 5.38. The van der Waals surface area contributed by atoms with Gasteiger partial charge in [0.1, 0.15) is 11.7 Å². The molecule has 3 atom stereocenters. The SMILES string of the molecule is CC(c1cnc(C(F)(F)F)cn1)N(C[C@@H](C)n1nc2c(c1C(=O)O)CN(C(=O)c1ccc(Cl)c(C#N)c1)[C@H](C)C2)C(=O)OC(C)(C)C. The van der Waals surface area contributed by atoms with E-state index in [0.29, 0.717) is 17.5 Å². The molecule has 0 spiro atoms. The number of nitrogens with zero attached hydrogens (tertiary/aromatic N) is 7. The largest absolute Gasteiger partial charge is 0.477 e. The summed E-state index contributed by atoms with van der Waals surface area (Å²) in [5.74, 6) is -1.73. The van der Waals surface area contributed by atoms with Gasteiger partial charge in [-0.2, -0.15) is 23.5 Å². The van der Waals surface area contributed by atoms with Crippen molar-refractivity contribution in [2.24, 2.45) is 0 Å². The number of carbonyl (C=O) groups is 3. The Morgan fingerprint density at radius 1 is 1.19 bits per heavy atom. The first kappa shape index (κ1) is 35.1. The molecule has 1 aliphatic rings. The van der Waals surface area contributed by atoms with Crippen LogP contribution in [0.25, 0.3) is 0 Å². The van der Waals surface area contributed by atoms with E-state index in [4.69, 9.17) is 16.3 Å². The average molecular weight is 676 g/mol. The molecule has 16 heteroatoms. The van der Waals surface area contributed by atoms with Gasteiger partial charge in [-0.25, -0.2) is 14.6 Å². The van der Waals surface area contributed by atoms with Gasteiger partial charge in [-0.3, -0.25) is 19.4 Å². The number of carboxylic acids is 1. The van der Waals surface area contributed by atoms with Gasteiger partial charge in [-0.05, 0) is 59.7 Å². The molecule has 0 aliphatic carbocycles. The lowest BCUT2D eigenvalue weighted by molar-refractivity contribution is -0.141. The Labute approximate surface area is 273 Å². The van der Waals surface area contributed by atoms with E-state index >= 15 is 0 Å². The minimum atomic E-state index is -4.70. The van der Waals surface area contributed by atoms with Crippen LogP contribution in [0.4, 0.5) is 18.0 Å². The summed E-state index contributed by atoms with van der Waals surface area (Å²) in [6.07, 6.45) is -3.78. The number of benzene rings is 1. The number of alkyl halides is 3. The number of ether oxygens (including phenoxy) is 1. The van der Waals surface area contributed by atoms with Gasteiger partial charge in [0.25, 0.3) is 5.91 Å². The van der Waals surface area contributed by atoms with Crippen LogP contribution >= 0.6 is 11.6 Å². The number of amides is 2. The number of rotatable bonds is 7. The first-order valence-electron chi connectivity index (χ1n) is 14.5. The maximum Gasteiger partial charge on any atom is 0.434 e. The van der Waals surface area contributed by atoms with Crippen molar-refractivity contribution >= 4 is 29.6 Å². The molecule has 0 bridgehead atoms. The molecule has 1 aliphatic heterocycles. The Morgan fingerprint density at radius 3 is 2.43 bits per heavy atom. The van der Waals surface area contributed by atoms with Crippen LogP contribution in [-0.4, -0.2) is 70.8 Å². The molecule has 0 fully saturated rings. The van der Waals surface area contributed by atoms with Crippen LogP contribution in [0, 0.1) is 11.3 Å². The van der Waals surface area contributed by atoms with Crippen molar-refractivity contribution in [1.82, 2.24) is 29.5 Å². The number of carboxylic acid groups (broad SMARTS) is 1. The minimum absolute atomic E-state index is 0.0546. The van der Waals surface area contributed by atoms with Gasteiger partial charge in [-0.1, -0.05) is 11.6 Å². The topological polar surface area (TPSA) is 155 Å². The van der Waals surface area contributed by atoms with Crippen molar-refractivity contribution in [1.29, 1.82) is 5.26 Å². The second-order valence-corrected chi connectivity index (χ2v) is 12.7. The van der Waals surface area contributed by atoms with Crippen LogP contribution in [0.15, 0.2) is 30.6 Å². The number of hydrogen-bond donors (Lipinski definition) is 1. The predicted octanol–water partition coefficient (Wildman–Crippen LogP) is 6.06. The standard InChI is InChI=1S/C31H33ClF3N7O5/c1-16-9-23-21(15-40(16)27(43)19-7-8-22(32)20(10-19)11-36)26(28(44)45)42(39-23)17(2)14-41(29(46)47-30(4,5)6)18(3)24-12-38-25(13-37-24)31(33,34)35/h7-8,10,12-13,16-18H,9,14-15H2,1-6H3,(H,44,45)/t16-,17-,18?/m1/s1. The highest BCUT2D eigenvalue weighted by atomic mass is 35.5. The fourth-order valence-electron chi connectivity index (χ4n) is 5.22. The Kier molecular flexibility index (Phi) is 9.86. The number of aromatic carboxylic acids is 1. The van der Waals surface area contributed by atoms with Crippen LogP contribution in [0.1, 0.15) is 103 Å². The highest BCUT2D eigenvalue weighted by molar-refractivity contribution is 6.31. The van der Waals surface area contributed by atoms with Gasteiger partial charge in [0, 0.05) is 30.1 Å². The summed E-state index contributed by atoms with van der Waals surface area (Å²) in [5.41, 5.74) is -1.13. The quantitative estimate of drug-likeness (QED) is 0.315. The summed E-state index contributed by atoms with van der Waals surface area (Å²) < 4.78 is 46.1. The molecule has 250 valence electrons. The van der Waals surface area contributed by atoms with Crippen LogP contribution in [-0.2, 0) is 23.9 Å². The molecular formula is C31H33ClF3N7O5. The van der Waals surface area contributed by atoms with Crippen molar-refractivity contribution < 1.29 is 37.4 Å². The van der Waals surface area contributed by atoms with E-state index in [1.54, 1.807) is 41.5 Å². The fraction of sp³-hybridized carbons (Fsp3) is 0.452. The van der Waals surface area contributed by atoms with Gasteiger partial charge in [0.15, 0.2) is 11.4 Å². The van der Waals surface area contributed by atoms with E-state index < -0.39 is 47.5 Å². The molecular weight excluding hydrogens is 643 g/mol. The molecule has 3 aromatic rings. The number of nitriles is 1. The Balaban J connectivity index is 1.67. The molecule has 0 saturated carbocycles. The van der Waals surface area contributed by atoms with Crippen molar-refractivity contribution in [3.8, 4) is 6.07 Å². The highest BCUT2D eigenvalue weighted by Gasteiger charge is 2.38. The van der Waals surface area contributed by atoms with E-state index in [1.165, 1.54) is 32.7 Å². The van der Waals surface area contributed by atoms with E-state index in [-0.39, 0.29) is 53.1 Å².